The van der Waals surface area contributed by atoms with Gasteiger partial charge in [0.15, 0.2) is 0 Å². The minimum atomic E-state index is -1.86. The first-order valence-electron chi connectivity index (χ1n) is 4.64. The summed E-state index contributed by atoms with van der Waals surface area (Å²) in [6, 6.07) is 2.60. The molecule has 2 N–H and O–H groups in total. The predicted octanol–water partition coefficient (Wildman–Crippen LogP) is 1.28. The maximum atomic E-state index is 11.8. The summed E-state index contributed by atoms with van der Waals surface area (Å²) >= 11 is 11.6. The Bertz CT molecular complexity index is 575. The summed E-state index contributed by atoms with van der Waals surface area (Å²) in [5, 5.41) is 15.0. The maximum Gasteiger partial charge on any atom is 0.365 e. The van der Waals surface area contributed by atoms with E-state index in [9.17, 15) is 19.7 Å². The largest absolute Gasteiger partial charge is 0.365 e. The Kier molecular flexibility index (Phi) is 3.10. The SMILES string of the molecule is O=C1NC([N+](=O)[O-])C(=O)Nc2cc(Cl)cc(Cl)c21. The normalized spacial score (nSPS) is 18.4. The average Bonchev–Trinajstić information content (AvgIpc) is 2.35. The van der Waals surface area contributed by atoms with Crippen LogP contribution in [0.4, 0.5) is 5.69 Å². The van der Waals surface area contributed by atoms with Crippen molar-refractivity contribution in [3.63, 3.8) is 0 Å². The molecule has 0 fully saturated rings. The minimum Gasteiger partial charge on any atom is -0.317 e. The van der Waals surface area contributed by atoms with Gasteiger partial charge in [-0.1, -0.05) is 23.2 Å². The smallest absolute Gasteiger partial charge is 0.317 e. The van der Waals surface area contributed by atoms with Gasteiger partial charge >= 0.3 is 12.1 Å². The van der Waals surface area contributed by atoms with Crippen molar-refractivity contribution in [2.45, 2.75) is 6.17 Å². The van der Waals surface area contributed by atoms with Crippen molar-refractivity contribution < 1.29 is 14.5 Å². The maximum absolute atomic E-state index is 11.8. The predicted molar refractivity (Wildman–Crippen MR) is 63.3 cm³/mol. The summed E-state index contributed by atoms with van der Waals surface area (Å²) in [5.74, 6) is -1.78. The van der Waals surface area contributed by atoms with Gasteiger partial charge in [0.25, 0.3) is 5.91 Å². The highest BCUT2D eigenvalue weighted by Gasteiger charge is 2.37. The van der Waals surface area contributed by atoms with Gasteiger partial charge < -0.3 is 5.32 Å². The van der Waals surface area contributed by atoms with E-state index in [-0.39, 0.29) is 21.3 Å². The van der Waals surface area contributed by atoms with E-state index in [1.807, 2.05) is 5.32 Å². The molecule has 0 saturated heterocycles. The molecule has 0 saturated carbocycles. The van der Waals surface area contributed by atoms with Crippen LogP contribution in [0.15, 0.2) is 12.1 Å². The Balaban J connectivity index is 2.55. The van der Waals surface area contributed by atoms with Gasteiger partial charge in [0.2, 0.25) is 0 Å². The Morgan fingerprint density at radius 1 is 1.28 bits per heavy atom. The Hall–Kier alpha value is -1.86. The molecule has 1 unspecified atom stereocenters. The first-order valence-corrected chi connectivity index (χ1v) is 5.40. The molecule has 18 heavy (non-hydrogen) atoms. The van der Waals surface area contributed by atoms with Gasteiger partial charge in [-0.3, -0.25) is 25.0 Å². The quantitative estimate of drug-likeness (QED) is 0.600. The van der Waals surface area contributed by atoms with E-state index in [1.165, 1.54) is 12.1 Å². The van der Waals surface area contributed by atoms with E-state index in [1.54, 1.807) is 0 Å². The lowest BCUT2D eigenvalue weighted by Crippen LogP contribution is -2.46. The molecular weight excluding hydrogens is 285 g/mol. The molecule has 2 amide bonds. The Labute approximate surface area is 110 Å². The number of nitrogens with zero attached hydrogens (tertiary/aromatic N) is 1. The third kappa shape index (κ3) is 2.09. The van der Waals surface area contributed by atoms with Crippen LogP contribution in [-0.4, -0.2) is 22.9 Å². The van der Waals surface area contributed by atoms with E-state index in [2.05, 4.69) is 5.32 Å². The van der Waals surface area contributed by atoms with E-state index in [4.69, 9.17) is 23.2 Å². The van der Waals surface area contributed by atoms with Crippen molar-refractivity contribution in [3.8, 4) is 0 Å². The fourth-order valence-corrected chi connectivity index (χ4v) is 2.09. The summed E-state index contributed by atoms with van der Waals surface area (Å²) in [6.45, 7) is 0. The van der Waals surface area contributed by atoms with Crippen LogP contribution in [0, 0.1) is 10.1 Å². The zero-order chi connectivity index (χ0) is 13.4. The second kappa shape index (κ2) is 4.43. The van der Waals surface area contributed by atoms with E-state index in [0.717, 1.165) is 0 Å². The van der Waals surface area contributed by atoms with Gasteiger partial charge in [-0.15, -0.1) is 0 Å². The molecule has 2 rings (SSSR count). The highest BCUT2D eigenvalue weighted by molar-refractivity contribution is 6.38. The van der Waals surface area contributed by atoms with Crippen LogP contribution >= 0.6 is 23.2 Å². The number of fused-ring (bicyclic) bond motifs is 1. The average molecular weight is 290 g/mol. The Morgan fingerprint density at radius 3 is 2.56 bits per heavy atom. The van der Waals surface area contributed by atoms with E-state index in [0.29, 0.717) is 0 Å². The fourth-order valence-electron chi connectivity index (χ4n) is 1.51. The summed E-state index contributed by atoms with van der Waals surface area (Å²) in [4.78, 5) is 33.0. The number of benzene rings is 1. The number of rotatable bonds is 1. The van der Waals surface area contributed by atoms with Gasteiger partial charge in [-0.05, 0) is 12.1 Å². The summed E-state index contributed by atoms with van der Waals surface area (Å²) < 4.78 is 0. The van der Waals surface area contributed by atoms with Crippen LogP contribution in [0.5, 0.6) is 0 Å². The molecule has 9 heteroatoms. The number of amides is 2. The molecule has 0 aromatic heterocycles. The second-order valence-electron chi connectivity index (χ2n) is 3.46. The monoisotopic (exact) mass is 289 g/mol. The number of halogens is 2. The minimum absolute atomic E-state index is 0.000650. The van der Waals surface area contributed by atoms with Crippen LogP contribution < -0.4 is 10.6 Å². The second-order valence-corrected chi connectivity index (χ2v) is 4.30. The van der Waals surface area contributed by atoms with E-state index >= 15 is 0 Å². The molecular formula is C9H5Cl2N3O4. The zero-order valence-electron chi connectivity index (χ0n) is 8.57. The molecule has 1 atom stereocenters. The number of nitrogens with one attached hydrogen (secondary N) is 2. The Morgan fingerprint density at radius 2 is 1.94 bits per heavy atom. The molecule has 1 aromatic carbocycles. The summed E-state index contributed by atoms with van der Waals surface area (Å²) in [6.07, 6.45) is -1.86. The number of anilines is 1. The lowest BCUT2D eigenvalue weighted by molar-refractivity contribution is -0.510. The molecule has 1 aliphatic heterocycles. The number of carbonyl (C=O) groups excluding carboxylic acids is 2. The lowest BCUT2D eigenvalue weighted by atomic mass is 10.1. The van der Waals surface area contributed by atoms with Gasteiger partial charge in [-0.25, -0.2) is 0 Å². The molecule has 0 spiro atoms. The van der Waals surface area contributed by atoms with Gasteiger partial charge in [0.05, 0.1) is 21.2 Å². The van der Waals surface area contributed by atoms with Crippen molar-refractivity contribution in [1.82, 2.24) is 5.32 Å². The molecule has 1 aromatic rings. The zero-order valence-corrected chi connectivity index (χ0v) is 10.1. The van der Waals surface area contributed by atoms with Crippen LogP contribution in [0.2, 0.25) is 10.0 Å². The third-order valence-electron chi connectivity index (χ3n) is 2.27. The standard InChI is InChI=1S/C9H5Cl2N3O4/c10-3-1-4(11)6-5(2-3)12-9(16)7(14(17)18)13-8(6)15/h1-2,7H,(H,12,16)(H,13,15). The molecule has 1 aliphatic rings. The molecule has 7 nitrogen and oxygen atoms in total. The molecule has 0 radical (unpaired) electrons. The molecule has 1 heterocycles. The van der Waals surface area contributed by atoms with Crippen LogP contribution in [0.1, 0.15) is 10.4 Å². The summed E-state index contributed by atoms with van der Waals surface area (Å²) in [7, 11) is 0. The van der Waals surface area contributed by atoms with Crippen molar-refractivity contribution in [1.29, 1.82) is 0 Å². The van der Waals surface area contributed by atoms with Crippen molar-refractivity contribution in [3.05, 3.63) is 37.9 Å². The highest BCUT2D eigenvalue weighted by atomic mass is 35.5. The van der Waals surface area contributed by atoms with Gasteiger partial charge in [0, 0.05) is 5.02 Å². The lowest BCUT2D eigenvalue weighted by Gasteiger charge is -2.06. The van der Waals surface area contributed by atoms with Crippen molar-refractivity contribution in [2.24, 2.45) is 0 Å². The molecule has 0 aliphatic carbocycles. The highest BCUT2D eigenvalue weighted by Crippen LogP contribution is 2.30. The topological polar surface area (TPSA) is 101 Å². The first kappa shape index (κ1) is 12.6. The fraction of sp³-hybridized carbons (Fsp3) is 0.111. The number of nitro groups is 1. The van der Waals surface area contributed by atoms with E-state index < -0.39 is 22.9 Å². The number of hydrogen-bond donors (Lipinski definition) is 2. The number of hydrogen-bond acceptors (Lipinski definition) is 4. The van der Waals surface area contributed by atoms with Gasteiger partial charge in [0.1, 0.15) is 0 Å². The van der Waals surface area contributed by atoms with Crippen LogP contribution in [0.25, 0.3) is 0 Å². The first-order chi connectivity index (χ1) is 8.40. The van der Waals surface area contributed by atoms with Gasteiger partial charge in [-0.2, -0.15) is 0 Å². The van der Waals surface area contributed by atoms with Crippen LogP contribution in [-0.2, 0) is 4.79 Å². The summed E-state index contributed by atoms with van der Waals surface area (Å²) in [5.41, 5.74) is -0.0156. The molecule has 94 valence electrons. The van der Waals surface area contributed by atoms with Crippen molar-refractivity contribution in [2.75, 3.05) is 5.32 Å². The number of carbonyl (C=O) groups is 2. The molecule has 0 bridgehead atoms. The third-order valence-corrected chi connectivity index (χ3v) is 2.78. The van der Waals surface area contributed by atoms with Crippen molar-refractivity contribution >= 4 is 40.7 Å². The van der Waals surface area contributed by atoms with Crippen LogP contribution in [0.3, 0.4) is 0 Å².